The highest BCUT2D eigenvalue weighted by atomic mass is 28.3. The summed E-state index contributed by atoms with van der Waals surface area (Å²) in [6.45, 7) is 6.87. The van der Waals surface area contributed by atoms with E-state index in [2.05, 4.69) is 0 Å². The van der Waals surface area contributed by atoms with Crippen LogP contribution in [0.5, 0.6) is 0 Å². The second kappa shape index (κ2) is 6.34. The van der Waals surface area contributed by atoms with E-state index >= 15 is 0 Å². The second-order valence-electron chi connectivity index (χ2n) is 3.34. The molecule has 1 heterocycles. The third-order valence-corrected chi connectivity index (χ3v) is 4.36. The minimum Gasteiger partial charge on any atom is -0.499 e. The van der Waals surface area contributed by atoms with Crippen LogP contribution >= 0.6 is 0 Å². The Labute approximate surface area is 102 Å². The normalized spacial score (nSPS) is 19.0. The lowest BCUT2D eigenvalue weighted by molar-refractivity contribution is 0.146. The van der Waals surface area contributed by atoms with E-state index in [9.17, 15) is 9.90 Å². The van der Waals surface area contributed by atoms with Gasteiger partial charge in [0.05, 0.1) is 19.8 Å². The number of carbonyl (C=O) groups is 1. The summed E-state index contributed by atoms with van der Waals surface area (Å²) in [5.41, 5.74) is 0.822. The molecular weight excluding hydrogens is 240 g/mol. The lowest BCUT2D eigenvalue weighted by Gasteiger charge is -2.13. The summed E-state index contributed by atoms with van der Waals surface area (Å²) in [4.78, 5) is 11.2. The van der Waals surface area contributed by atoms with Crippen molar-refractivity contribution in [3.05, 3.63) is 22.6 Å². The Bertz CT molecular complexity index is 348. The SMILES string of the molecule is CCOC1=C[SiH](C(=O)O)C(OCC)=C1OCC. The van der Waals surface area contributed by atoms with Crippen LogP contribution in [0.2, 0.25) is 0 Å². The Balaban J connectivity index is 3.04. The standard InChI is InChI=1S/C11H18O5Si/c1-4-14-8-7-17(11(12)13)10(16-6-3)9(8)15-5-2/h7,17H,4-6H2,1-3H3,(H,12,13). The molecular formula is C11H18O5Si. The molecule has 1 aliphatic rings. The molecule has 0 spiro atoms. The van der Waals surface area contributed by atoms with Gasteiger partial charge in [0.15, 0.2) is 11.5 Å². The predicted octanol–water partition coefficient (Wildman–Crippen LogP) is 1.77. The van der Waals surface area contributed by atoms with Crippen LogP contribution in [0.15, 0.2) is 22.6 Å². The van der Waals surface area contributed by atoms with Crippen molar-refractivity contribution in [2.45, 2.75) is 20.8 Å². The molecule has 0 amide bonds. The molecule has 5 nitrogen and oxygen atoms in total. The van der Waals surface area contributed by atoms with E-state index in [-0.39, 0.29) is 0 Å². The van der Waals surface area contributed by atoms with Crippen molar-refractivity contribution >= 4 is 14.4 Å². The van der Waals surface area contributed by atoms with Crippen molar-refractivity contribution in [3.8, 4) is 0 Å². The quantitative estimate of drug-likeness (QED) is 0.705. The van der Waals surface area contributed by atoms with Crippen molar-refractivity contribution in [1.82, 2.24) is 0 Å². The maximum Gasteiger partial charge on any atom is 0.279 e. The summed E-state index contributed by atoms with van der Waals surface area (Å²) in [6.07, 6.45) is 0. The predicted molar refractivity (Wildman–Crippen MR) is 65.2 cm³/mol. The molecule has 17 heavy (non-hydrogen) atoms. The highest BCUT2D eigenvalue weighted by Crippen LogP contribution is 2.28. The van der Waals surface area contributed by atoms with E-state index in [0.717, 1.165) is 0 Å². The molecule has 0 aromatic carbocycles. The molecule has 0 bridgehead atoms. The molecule has 1 aliphatic heterocycles. The van der Waals surface area contributed by atoms with Crippen LogP contribution in [0.4, 0.5) is 4.79 Å². The minimum atomic E-state index is -2.30. The lowest BCUT2D eigenvalue weighted by atomic mass is 10.4. The van der Waals surface area contributed by atoms with E-state index in [0.29, 0.717) is 36.7 Å². The second-order valence-corrected chi connectivity index (χ2v) is 5.65. The average Bonchev–Trinajstić information content (AvgIpc) is 2.60. The molecule has 1 atom stereocenters. The summed E-state index contributed by atoms with van der Waals surface area (Å²) in [7, 11) is -2.30. The van der Waals surface area contributed by atoms with Gasteiger partial charge in [0, 0.05) is 0 Å². The Morgan fingerprint density at radius 3 is 2.24 bits per heavy atom. The number of ether oxygens (including phenoxy) is 3. The van der Waals surface area contributed by atoms with Gasteiger partial charge in [-0.2, -0.15) is 0 Å². The Hall–Kier alpha value is -1.43. The fourth-order valence-corrected chi connectivity index (χ4v) is 3.54. The molecule has 0 aliphatic carbocycles. The highest BCUT2D eigenvalue weighted by Gasteiger charge is 2.37. The van der Waals surface area contributed by atoms with Gasteiger partial charge in [-0.15, -0.1) is 0 Å². The van der Waals surface area contributed by atoms with Crippen molar-refractivity contribution < 1.29 is 24.1 Å². The van der Waals surface area contributed by atoms with Crippen molar-refractivity contribution in [1.29, 1.82) is 0 Å². The van der Waals surface area contributed by atoms with Gasteiger partial charge in [0.1, 0.15) is 5.38 Å². The number of hydrogen-bond acceptors (Lipinski definition) is 4. The fourth-order valence-electron chi connectivity index (χ4n) is 1.62. The number of carboxylic acid groups (broad SMARTS) is 1. The van der Waals surface area contributed by atoms with Crippen LogP contribution in [-0.2, 0) is 14.2 Å². The first-order valence-corrected chi connectivity index (χ1v) is 7.55. The summed E-state index contributed by atoms with van der Waals surface area (Å²) in [6, 6.07) is 0. The summed E-state index contributed by atoms with van der Waals surface area (Å²) >= 11 is 0. The van der Waals surface area contributed by atoms with Crippen molar-refractivity contribution in [2.75, 3.05) is 19.8 Å². The molecule has 0 aromatic rings. The van der Waals surface area contributed by atoms with E-state index in [1.54, 1.807) is 5.70 Å². The average molecular weight is 258 g/mol. The van der Waals surface area contributed by atoms with Crippen LogP contribution in [0.1, 0.15) is 20.8 Å². The third kappa shape index (κ3) is 3.03. The molecule has 0 fully saturated rings. The van der Waals surface area contributed by atoms with Gasteiger partial charge in [-0.3, -0.25) is 4.79 Å². The zero-order chi connectivity index (χ0) is 12.8. The molecule has 1 rings (SSSR count). The van der Waals surface area contributed by atoms with Crippen LogP contribution < -0.4 is 0 Å². The molecule has 0 saturated heterocycles. The topological polar surface area (TPSA) is 65.0 Å². The first-order valence-electron chi connectivity index (χ1n) is 5.73. The molecule has 1 unspecified atom stereocenters. The van der Waals surface area contributed by atoms with Gasteiger partial charge in [0.2, 0.25) is 0 Å². The largest absolute Gasteiger partial charge is 0.499 e. The number of hydrogen-bond donors (Lipinski definition) is 1. The van der Waals surface area contributed by atoms with Crippen molar-refractivity contribution in [2.24, 2.45) is 0 Å². The monoisotopic (exact) mass is 258 g/mol. The third-order valence-electron chi connectivity index (χ3n) is 2.20. The Morgan fingerprint density at radius 1 is 1.18 bits per heavy atom. The molecule has 0 aromatic heterocycles. The van der Waals surface area contributed by atoms with Gasteiger partial charge in [-0.25, -0.2) is 0 Å². The molecule has 1 N–H and O–H groups in total. The number of rotatable bonds is 7. The molecule has 6 heteroatoms. The smallest absolute Gasteiger partial charge is 0.279 e. The Kier molecular flexibility index (Phi) is 5.08. The molecule has 96 valence electrons. The van der Waals surface area contributed by atoms with Crippen LogP contribution in [0, 0.1) is 0 Å². The maximum absolute atomic E-state index is 11.2. The van der Waals surface area contributed by atoms with Gasteiger partial charge in [0.25, 0.3) is 14.4 Å². The van der Waals surface area contributed by atoms with E-state index in [1.165, 1.54) is 0 Å². The Morgan fingerprint density at radius 2 is 1.76 bits per heavy atom. The van der Waals surface area contributed by atoms with Gasteiger partial charge in [-0.1, -0.05) is 0 Å². The van der Waals surface area contributed by atoms with E-state index in [4.69, 9.17) is 14.2 Å². The lowest BCUT2D eigenvalue weighted by Crippen LogP contribution is -2.25. The van der Waals surface area contributed by atoms with Gasteiger partial charge < -0.3 is 19.3 Å². The zero-order valence-corrected chi connectivity index (χ0v) is 11.5. The van der Waals surface area contributed by atoms with Crippen molar-refractivity contribution in [3.63, 3.8) is 0 Å². The summed E-state index contributed by atoms with van der Waals surface area (Å²) in [5, 5.41) is 9.64. The van der Waals surface area contributed by atoms with Crippen LogP contribution in [0.3, 0.4) is 0 Å². The van der Waals surface area contributed by atoms with Gasteiger partial charge in [-0.05, 0) is 26.5 Å². The van der Waals surface area contributed by atoms with E-state index < -0.39 is 14.4 Å². The molecule has 0 saturated carbocycles. The first kappa shape index (κ1) is 13.6. The maximum atomic E-state index is 11.2. The first-order chi connectivity index (χ1) is 8.15. The zero-order valence-electron chi connectivity index (χ0n) is 10.4. The summed E-state index contributed by atoms with van der Waals surface area (Å²) < 4.78 is 16.3. The van der Waals surface area contributed by atoms with Gasteiger partial charge >= 0.3 is 0 Å². The highest BCUT2D eigenvalue weighted by molar-refractivity contribution is 6.97. The molecule has 0 radical (unpaired) electrons. The fraction of sp³-hybridized carbons (Fsp3) is 0.545. The summed E-state index contributed by atoms with van der Waals surface area (Å²) in [5.74, 6) is 0.979. The van der Waals surface area contributed by atoms with E-state index in [1.807, 2.05) is 20.8 Å². The van der Waals surface area contributed by atoms with Crippen LogP contribution in [0.25, 0.3) is 0 Å². The van der Waals surface area contributed by atoms with Crippen LogP contribution in [-0.4, -0.2) is 39.3 Å². The minimum absolute atomic E-state index is 0.427.